The molecule has 1 amide bonds. The van der Waals surface area contributed by atoms with E-state index in [1.54, 1.807) is 0 Å². The molecule has 160 valence electrons. The van der Waals surface area contributed by atoms with Crippen LogP contribution < -0.4 is 15.8 Å². The van der Waals surface area contributed by atoms with Gasteiger partial charge in [-0.3, -0.25) is 19.3 Å². The number of nitrogens with two attached hydrogens (primary N) is 1. The van der Waals surface area contributed by atoms with E-state index < -0.39 is 18.2 Å². The highest BCUT2D eigenvalue weighted by Gasteiger charge is 2.25. The number of methoxy groups -OCH3 is 1. The molecule has 10 heteroatoms. The molecule has 0 radical (unpaired) electrons. The largest absolute Gasteiger partial charge is 0.496 e. The number of piperidine rings is 1. The van der Waals surface area contributed by atoms with Crippen LogP contribution in [0.25, 0.3) is 0 Å². The molecule has 0 bridgehead atoms. The second-order valence-electron chi connectivity index (χ2n) is 6.76. The fraction of sp³-hybridized carbons (Fsp3) is 0.526. The van der Waals surface area contributed by atoms with Crippen molar-refractivity contribution in [3.8, 4) is 5.75 Å². The molecule has 1 aromatic rings. The Morgan fingerprint density at radius 3 is 2.52 bits per heavy atom. The van der Waals surface area contributed by atoms with Crippen molar-refractivity contribution < 1.29 is 28.6 Å². The zero-order valence-electron chi connectivity index (χ0n) is 16.7. The SMILES string of the molecule is COc1cc(N)c(Cl)cc1C(=O)NC1CCN(CC(=O)OC(C)OC(C)=O)CC1. The summed E-state index contributed by atoms with van der Waals surface area (Å²) in [5.41, 5.74) is 6.40. The monoisotopic (exact) mass is 427 g/mol. The molecule has 0 aliphatic carbocycles. The number of esters is 2. The van der Waals surface area contributed by atoms with Crippen LogP contribution in [0, 0.1) is 0 Å². The molecule has 1 heterocycles. The molecule has 3 N–H and O–H groups in total. The van der Waals surface area contributed by atoms with Crippen LogP contribution in [0.1, 0.15) is 37.0 Å². The minimum absolute atomic E-state index is 0.0456. The number of carbonyl (C=O) groups is 3. The van der Waals surface area contributed by atoms with E-state index in [0.717, 1.165) is 0 Å². The predicted molar refractivity (Wildman–Crippen MR) is 107 cm³/mol. The van der Waals surface area contributed by atoms with Crippen molar-refractivity contribution >= 4 is 35.1 Å². The number of hydrogen-bond donors (Lipinski definition) is 2. The first-order valence-corrected chi connectivity index (χ1v) is 9.60. The lowest BCUT2D eigenvalue weighted by Crippen LogP contribution is -2.46. The van der Waals surface area contributed by atoms with Gasteiger partial charge in [0.2, 0.25) is 6.29 Å². The van der Waals surface area contributed by atoms with Gasteiger partial charge in [-0.15, -0.1) is 0 Å². The highest BCUT2D eigenvalue weighted by molar-refractivity contribution is 6.33. The molecule has 0 saturated carbocycles. The maximum Gasteiger partial charge on any atom is 0.323 e. The minimum atomic E-state index is -0.918. The van der Waals surface area contributed by atoms with Crippen LogP contribution in [0.4, 0.5) is 5.69 Å². The maximum atomic E-state index is 12.6. The van der Waals surface area contributed by atoms with E-state index >= 15 is 0 Å². The van der Waals surface area contributed by atoms with Crippen molar-refractivity contribution in [3.05, 3.63) is 22.7 Å². The normalized spacial score (nSPS) is 16.0. The third-order valence-corrected chi connectivity index (χ3v) is 4.80. The Morgan fingerprint density at radius 1 is 1.28 bits per heavy atom. The van der Waals surface area contributed by atoms with Crippen LogP contribution in [-0.2, 0) is 19.1 Å². The van der Waals surface area contributed by atoms with Gasteiger partial charge in [-0.2, -0.15) is 0 Å². The van der Waals surface area contributed by atoms with Crippen LogP contribution in [0.2, 0.25) is 5.02 Å². The molecule has 1 saturated heterocycles. The Kier molecular flexibility index (Phi) is 8.10. The van der Waals surface area contributed by atoms with Crippen molar-refractivity contribution in [2.24, 2.45) is 0 Å². The first kappa shape index (κ1) is 22.8. The third-order valence-electron chi connectivity index (χ3n) is 4.47. The first-order valence-electron chi connectivity index (χ1n) is 9.22. The molecule has 2 rings (SSSR count). The summed E-state index contributed by atoms with van der Waals surface area (Å²) in [7, 11) is 1.46. The van der Waals surface area contributed by atoms with Gasteiger partial charge in [0, 0.05) is 39.0 Å². The quantitative estimate of drug-likeness (QED) is 0.382. The second-order valence-corrected chi connectivity index (χ2v) is 7.17. The summed E-state index contributed by atoms with van der Waals surface area (Å²) >= 11 is 6.02. The minimum Gasteiger partial charge on any atom is -0.496 e. The number of nitrogens with one attached hydrogen (secondary N) is 1. The number of benzene rings is 1. The van der Waals surface area contributed by atoms with E-state index in [9.17, 15) is 14.4 Å². The molecule has 0 aromatic heterocycles. The van der Waals surface area contributed by atoms with Crippen LogP contribution >= 0.6 is 11.6 Å². The van der Waals surface area contributed by atoms with Gasteiger partial charge in [0.15, 0.2) is 0 Å². The zero-order valence-corrected chi connectivity index (χ0v) is 17.5. The van der Waals surface area contributed by atoms with Gasteiger partial charge in [0.1, 0.15) is 5.75 Å². The van der Waals surface area contributed by atoms with Gasteiger partial charge < -0.3 is 25.3 Å². The van der Waals surface area contributed by atoms with Crippen molar-refractivity contribution in [1.82, 2.24) is 10.2 Å². The number of halogens is 1. The first-order chi connectivity index (χ1) is 13.7. The number of amides is 1. The van der Waals surface area contributed by atoms with Crippen molar-refractivity contribution in [2.45, 2.75) is 39.0 Å². The van der Waals surface area contributed by atoms with E-state index in [1.807, 2.05) is 4.90 Å². The zero-order chi connectivity index (χ0) is 21.6. The van der Waals surface area contributed by atoms with Crippen molar-refractivity contribution in [2.75, 3.05) is 32.5 Å². The number of ether oxygens (including phenoxy) is 3. The Labute approximate surface area is 174 Å². The molecule has 0 spiro atoms. The van der Waals surface area contributed by atoms with Crippen LogP contribution in [0.3, 0.4) is 0 Å². The number of carbonyl (C=O) groups excluding carboxylic acids is 3. The molecule has 1 fully saturated rings. The summed E-state index contributed by atoms with van der Waals surface area (Å²) in [6.07, 6.45) is 0.422. The number of likely N-dealkylation sites (tertiary alicyclic amines) is 1. The van der Waals surface area contributed by atoms with Gasteiger partial charge in [0.05, 0.1) is 29.9 Å². The number of anilines is 1. The fourth-order valence-electron chi connectivity index (χ4n) is 3.08. The lowest BCUT2D eigenvalue weighted by Gasteiger charge is -2.31. The number of rotatable bonds is 7. The lowest BCUT2D eigenvalue weighted by atomic mass is 10.0. The average Bonchev–Trinajstić information content (AvgIpc) is 2.64. The number of nitrogen functional groups attached to an aromatic ring is 1. The van der Waals surface area contributed by atoms with E-state index in [0.29, 0.717) is 42.9 Å². The summed E-state index contributed by atoms with van der Waals surface area (Å²) in [5, 5.41) is 3.25. The summed E-state index contributed by atoms with van der Waals surface area (Å²) in [6.45, 7) is 4.05. The van der Waals surface area contributed by atoms with Crippen LogP contribution in [0.5, 0.6) is 5.75 Å². The van der Waals surface area contributed by atoms with Gasteiger partial charge >= 0.3 is 11.9 Å². The van der Waals surface area contributed by atoms with Gasteiger partial charge in [0.25, 0.3) is 5.91 Å². The van der Waals surface area contributed by atoms with Crippen molar-refractivity contribution in [3.63, 3.8) is 0 Å². The summed E-state index contributed by atoms with van der Waals surface area (Å²) < 4.78 is 15.0. The fourth-order valence-corrected chi connectivity index (χ4v) is 3.24. The van der Waals surface area contributed by atoms with Gasteiger partial charge in [-0.25, -0.2) is 0 Å². The molecule has 1 aromatic carbocycles. The molecule has 1 unspecified atom stereocenters. The molecule has 1 atom stereocenters. The van der Waals surface area contributed by atoms with Crippen LogP contribution in [0.15, 0.2) is 12.1 Å². The Bertz CT molecular complexity index is 765. The Morgan fingerprint density at radius 2 is 1.93 bits per heavy atom. The summed E-state index contributed by atoms with van der Waals surface area (Å²) in [4.78, 5) is 37.3. The van der Waals surface area contributed by atoms with E-state index in [2.05, 4.69) is 5.32 Å². The molecule has 9 nitrogen and oxygen atoms in total. The van der Waals surface area contributed by atoms with E-state index in [4.69, 9.17) is 31.5 Å². The molecule has 1 aliphatic rings. The Hall–Kier alpha value is -2.52. The Balaban J connectivity index is 1.82. The van der Waals surface area contributed by atoms with Crippen LogP contribution in [-0.4, -0.2) is 61.8 Å². The topological polar surface area (TPSA) is 120 Å². The van der Waals surface area contributed by atoms with E-state index in [-0.39, 0.29) is 23.5 Å². The maximum absolute atomic E-state index is 12.6. The number of nitrogens with zero attached hydrogens (tertiary/aromatic N) is 1. The molecular weight excluding hydrogens is 402 g/mol. The standard InChI is InChI=1S/C19H26ClN3O6/c1-11(24)28-12(2)29-18(25)10-23-6-4-13(5-7-23)22-19(26)14-8-15(20)16(21)9-17(14)27-3/h8-9,12-13H,4-7,10,21H2,1-3H3,(H,22,26). The second kappa shape index (κ2) is 10.3. The number of hydrogen-bond acceptors (Lipinski definition) is 8. The van der Waals surface area contributed by atoms with Crippen molar-refractivity contribution in [1.29, 1.82) is 0 Å². The summed E-state index contributed by atoms with van der Waals surface area (Å²) in [6, 6.07) is 2.96. The predicted octanol–water partition coefficient (Wildman–Crippen LogP) is 1.58. The average molecular weight is 428 g/mol. The van der Waals surface area contributed by atoms with Gasteiger partial charge in [-0.05, 0) is 18.9 Å². The van der Waals surface area contributed by atoms with E-state index in [1.165, 1.54) is 33.1 Å². The third kappa shape index (κ3) is 6.79. The highest BCUT2D eigenvalue weighted by atomic mass is 35.5. The smallest absolute Gasteiger partial charge is 0.323 e. The summed E-state index contributed by atoms with van der Waals surface area (Å²) in [5.74, 6) is -0.924. The molecular formula is C19H26ClN3O6. The lowest BCUT2D eigenvalue weighted by molar-refractivity contribution is -0.183. The highest BCUT2D eigenvalue weighted by Crippen LogP contribution is 2.29. The molecule has 1 aliphatic heterocycles. The van der Waals surface area contributed by atoms with Gasteiger partial charge in [-0.1, -0.05) is 11.6 Å². The molecule has 29 heavy (non-hydrogen) atoms.